The van der Waals surface area contributed by atoms with Gasteiger partial charge in [-0.15, -0.1) is 0 Å². The number of aliphatic hydroxyl groups excluding tert-OH is 1. The zero-order chi connectivity index (χ0) is 18.4. The van der Waals surface area contributed by atoms with E-state index in [-0.39, 0.29) is 11.8 Å². The predicted molar refractivity (Wildman–Crippen MR) is 97.6 cm³/mol. The zero-order valence-electron chi connectivity index (χ0n) is 14.9. The summed E-state index contributed by atoms with van der Waals surface area (Å²) in [7, 11) is 0. The van der Waals surface area contributed by atoms with Crippen molar-refractivity contribution in [3.8, 4) is 5.75 Å². The lowest BCUT2D eigenvalue weighted by Gasteiger charge is -2.27. The maximum Gasteiger partial charge on any atom is 0.309 e. The molecule has 25 heavy (non-hydrogen) atoms. The number of carbonyl (C=O) groups is 1. The van der Waals surface area contributed by atoms with E-state index in [9.17, 15) is 15.0 Å². The molecule has 0 saturated carbocycles. The summed E-state index contributed by atoms with van der Waals surface area (Å²) in [5, 5.41) is 19.8. The maximum absolute atomic E-state index is 11.6. The fraction of sp³-hybridized carbons (Fsp3) is 0.381. The highest BCUT2D eigenvalue weighted by molar-refractivity contribution is 5.72. The third-order valence-corrected chi connectivity index (χ3v) is 4.53. The van der Waals surface area contributed by atoms with Gasteiger partial charge in [-0.3, -0.25) is 4.79 Å². The van der Waals surface area contributed by atoms with Gasteiger partial charge in [0.1, 0.15) is 12.4 Å². The molecule has 3 unspecified atom stereocenters. The van der Waals surface area contributed by atoms with Crippen molar-refractivity contribution in [1.29, 1.82) is 0 Å². The lowest BCUT2D eigenvalue weighted by Crippen LogP contribution is -2.35. The number of rotatable bonds is 8. The van der Waals surface area contributed by atoms with Crippen LogP contribution in [0.5, 0.6) is 5.75 Å². The first-order valence-electron chi connectivity index (χ1n) is 8.57. The molecule has 0 aliphatic rings. The normalized spacial score (nSPS) is 14.8. The van der Waals surface area contributed by atoms with Gasteiger partial charge in [-0.05, 0) is 35.1 Å². The number of hydrogen-bond donors (Lipinski definition) is 2. The minimum absolute atomic E-state index is 0.114. The Labute approximate surface area is 149 Å². The molecule has 0 bridgehead atoms. The Morgan fingerprint density at radius 2 is 1.60 bits per heavy atom. The third kappa shape index (κ3) is 5.07. The number of carboxylic acid groups (broad SMARTS) is 1. The molecule has 0 spiro atoms. The van der Waals surface area contributed by atoms with E-state index < -0.39 is 18.0 Å². The van der Waals surface area contributed by atoms with Gasteiger partial charge < -0.3 is 14.9 Å². The first kappa shape index (κ1) is 19.0. The van der Waals surface area contributed by atoms with E-state index in [0.29, 0.717) is 6.61 Å². The number of ether oxygens (including phenoxy) is 1. The molecule has 2 aromatic carbocycles. The van der Waals surface area contributed by atoms with Crippen LogP contribution in [-0.4, -0.2) is 22.3 Å². The van der Waals surface area contributed by atoms with E-state index in [2.05, 4.69) is 0 Å². The Morgan fingerprint density at radius 3 is 2.12 bits per heavy atom. The highest BCUT2D eigenvalue weighted by atomic mass is 16.5. The monoisotopic (exact) mass is 342 g/mol. The molecule has 0 aliphatic carbocycles. The fourth-order valence-electron chi connectivity index (χ4n) is 2.89. The molecule has 0 aliphatic heterocycles. The van der Waals surface area contributed by atoms with Crippen molar-refractivity contribution in [2.75, 3.05) is 0 Å². The quantitative estimate of drug-likeness (QED) is 0.758. The summed E-state index contributed by atoms with van der Waals surface area (Å²) in [5.74, 6) is -1.49. The summed E-state index contributed by atoms with van der Waals surface area (Å²) in [6.45, 7) is 5.98. The first-order valence-corrected chi connectivity index (χ1v) is 8.57. The van der Waals surface area contributed by atoms with Crippen LogP contribution in [0.25, 0.3) is 0 Å². The minimum atomic E-state index is -0.974. The first-order chi connectivity index (χ1) is 11.9. The average Bonchev–Trinajstić information content (AvgIpc) is 2.61. The van der Waals surface area contributed by atoms with Gasteiger partial charge in [-0.25, -0.2) is 0 Å². The molecule has 2 N–H and O–H groups in total. The van der Waals surface area contributed by atoms with E-state index in [1.165, 1.54) is 0 Å². The predicted octanol–water partition coefficient (Wildman–Crippen LogP) is 4.09. The summed E-state index contributed by atoms with van der Waals surface area (Å²) < 4.78 is 5.75. The van der Waals surface area contributed by atoms with Crippen LogP contribution in [0.2, 0.25) is 0 Å². The standard InChI is InChI=1S/C21H26O4/c1-14(2)20(22)19(21(23)24)15(3)17-9-11-18(12-10-17)25-13-16-7-5-4-6-8-16/h4-12,14-15,19-20,22H,13H2,1-3H3,(H,23,24). The molecular weight excluding hydrogens is 316 g/mol. The number of aliphatic carboxylic acids is 1. The van der Waals surface area contributed by atoms with Crippen molar-refractivity contribution in [2.45, 2.75) is 39.4 Å². The van der Waals surface area contributed by atoms with Crippen molar-refractivity contribution < 1.29 is 19.7 Å². The van der Waals surface area contributed by atoms with Crippen molar-refractivity contribution in [3.63, 3.8) is 0 Å². The van der Waals surface area contributed by atoms with Crippen molar-refractivity contribution in [1.82, 2.24) is 0 Å². The summed E-state index contributed by atoms with van der Waals surface area (Å²) in [4.78, 5) is 11.6. The van der Waals surface area contributed by atoms with E-state index in [1.54, 1.807) is 0 Å². The van der Waals surface area contributed by atoms with Crippen LogP contribution in [0.4, 0.5) is 0 Å². The molecule has 0 amide bonds. The Hall–Kier alpha value is -2.33. The van der Waals surface area contributed by atoms with Crippen LogP contribution in [0.1, 0.15) is 37.8 Å². The molecule has 0 aromatic heterocycles. The Kier molecular flexibility index (Phi) is 6.59. The maximum atomic E-state index is 11.6. The molecule has 3 atom stereocenters. The van der Waals surface area contributed by atoms with Crippen LogP contribution in [0.3, 0.4) is 0 Å². The lowest BCUT2D eigenvalue weighted by molar-refractivity contribution is -0.148. The Bertz CT molecular complexity index is 664. The van der Waals surface area contributed by atoms with Gasteiger partial charge in [-0.1, -0.05) is 63.2 Å². The lowest BCUT2D eigenvalue weighted by atomic mass is 9.80. The molecule has 4 nitrogen and oxygen atoms in total. The molecule has 134 valence electrons. The summed E-state index contributed by atoms with van der Waals surface area (Å²) in [6.07, 6.45) is -0.887. The van der Waals surface area contributed by atoms with Crippen LogP contribution < -0.4 is 4.74 Å². The number of carboxylic acids is 1. The van der Waals surface area contributed by atoms with Crippen LogP contribution >= 0.6 is 0 Å². The van der Waals surface area contributed by atoms with Gasteiger partial charge in [-0.2, -0.15) is 0 Å². The van der Waals surface area contributed by atoms with Gasteiger partial charge in [0.2, 0.25) is 0 Å². The number of benzene rings is 2. The minimum Gasteiger partial charge on any atom is -0.489 e. The summed E-state index contributed by atoms with van der Waals surface area (Å²) in [5.41, 5.74) is 1.96. The van der Waals surface area contributed by atoms with E-state index in [0.717, 1.165) is 16.9 Å². The zero-order valence-corrected chi connectivity index (χ0v) is 14.9. The second kappa shape index (κ2) is 8.67. The SMILES string of the molecule is CC(C)C(O)C(C(=O)O)C(C)c1ccc(OCc2ccccc2)cc1. The molecular formula is C21H26O4. The van der Waals surface area contributed by atoms with Crippen LogP contribution in [-0.2, 0) is 11.4 Å². The van der Waals surface area contributed by atoms with E-state index in [4.69, 9.17) is 4.74 Å². The highest BCUT2D eigenvalue weighted by Gasteiger charge is 2.34. The smallest absolute Gasteiger partial charge is 0.309 e. The summed E-state index contributed by atoms with van der Waals surface area (Å²) in [6, 6.07) is 17.3. The van der Waals surface area contributed by atoms with E-state index >= 15 is 0 Å². The third-order valence-electron chi connectivity index (χ3n) is 4.53. The average molecular weight is 342 g/mol. The van der Waals surface area contributed by atoms with Gasteiger partial charge in [0.15, 0.2) is 0 Å². The molecule has 0 radical (unpaired) electrons. The van der Waals surface area contributed by atoms with Gasteiger partial charge in [0, 0.05) is 0 Å². The van der Waals surface area contributed by atoms with Crippen LogP contribution in [0, 0.1) is 11.8 Å². The molecule has 0 fully saturated rings. The molecule has 4 heteroatoms. The van der Waals surface area contributed by atoms with Gasteiger partial charge >= 0.3 is 5.97 Å². The largest absolute Gasteiger partial charge is 0.489 e. The van der Waals surface area contributed by atoms with Gasteiger partial charge in [0.25, 0.3) is 0 Å². The van der Waals surface area contributed by atoms with Crippen LogP contribution in [0.15, 0.2) is 54.6 Å². The topological polar surface area (TPSA) is 66.8 Å². The second-order valence-corrected chi connectivity index (χ2v) is 6.73. The van der Waals surface area contributed by atoms with Gasteiger partial charge in [0.05, 0.1) is 12.0 Å². The Balaban J connectivity index is 2.06. The molecule has 0 saturated heterocycles. The molecule has 0 heterocycles. The van der Waals surface area contributed by atoms with E-state index in [1.807, 2.05) is 75.4 Å². The van der Waals surface area contributed by atoms with Crippen molar-refractivity contribution in [2.24, 2.45) is 11.8 Å². The molecule has 2 rings (SSSR count). The molecule has 2 aromatic rings. The highest BCUT2D eigenvalue weighted by Crippen LogP contribution is 2.31. The fourth-order valence-corrected chi connectivity index (χ4v) is 2.89. The summed E-state index contributed by atoms with van der Waals surface area (Å²) >= 11 is 0. The van der Waals surface area contributed by atoms with Crippen molar-refractivity contribution >= 4 is 5.97 Å². The number of aliphatic hydroxyl groups is 1. The Morgan fingerprint density at radius 1 is 1.00 bits per heavy atom. The number of hydrogen-bond acceptors (Lipinski definition) is 3. The van der Waals surface area contributed by atoms with Crippen molar-refractivity contribution in [3.05, 3.63) is 65.7 Å². The second-order valence-electron chi connectivity index (χ2n) is 6.73.